The number of carbonyl (C=O) groups excluding carboxylic acids is 1. The van der Waals surface area contributed by atoms with Crippen LogP contribution in [0.4, 0.5) is 5.69 Å². The molecular weight excluding hydrogens is 267 g/mol. The maximum Gasteiger partial charge on any atom is 0.475 e. The van der Waals surface area contributed by atoms with Gasteiger partial charge in [-0.05, 0) is 39.3 Å². The first kappa shape index (κ1) is 14.1. The van der Waals surface area contributed by atoms with Crippen molar-refractivity contribution in [1.82, 2.24) is 0 Å². The van der Waals surface area contributed by atoms with Crippen LogP contribution in [0.1, 0.15) is 39.1 Å². The minimum absolute atomic E-state index is 0.294. The van der Waals surface area contributed by atoms with E-state index in [4.69, 9.17) is 9.31 Å². The van der Waals surface area contributed by atoms with Crippen molar-refractivity contribution in [2.24, 2.45) is 0 Å². The highest BCUT2D eigenvalue weighted by molar-refractivity contribution is 6.55. The van der Waals surface area contributed by atoms with Gasteiger partial charge in [0.15, 0.2) is 6.19 Å². The van der Waals surface area contributed by atoms with Gasteiger partial charge in [0.2, 0.25) is 5.91 Å². The molecule has 1 atom stereocenters. The highest BCUT2D eigenvalue weighted by Crippen LogP contribution is 2.45. The molecule has 1 aromatic rings. The van der Waals surface area contributed by atoms with E-state index >= 15 is 0 Å². The average Bonchev–Trinajstić information content (AvgIpc) is 2.79. The Morgan fingerprint density at radius 3 is 2.33 bits per heavy atom. The molecule has 2 heterocycles. The van der Waals surface area contributed by atoms with E-state index in [1.54, 1.807) is 6.07 Å². The van der Waals surface area contributed by atoms with Crippen LogP contribution >= 0.6 is 0 Å². The number of benzene rings is 1. The van der Waals surface area contributed by atoms with Crippen LogP contribution in [-0.2, 0) is 14.1 Å². The highest BCUT2D eigenvalue weighted by Gasteiger charge is 2.58. The van der Waals surface area contributed by atoms with Crippen molar-refractivity contribution >= 4 is 18.7 Å². The molecule has 0 spiro atoms. The van der Waals surface area contributed by atoms with E-state index in [2.05, 4.69) is 0 Å². The number of rotatable bonds is 1. The summed E-state index contributed by atoms with van der Waals surface area (Å²) in [7, 11) is -0.679. The number of fused-ring (bicyclic) bond motifs is 1. The summed E-state index contributed by atoms with van der Waals surface area (Å²) in [6, 6.07) is 7.27. The number of para-hydroxylation sites is 1. The number of hydrogen-bond donors (Lipinski definition) is 0. The van der Waals surface area contributed by atoms with Gasteiger partial charge in [-0.15, -0.1) is 0 Å². The van der Waals surface area contributed by atoms with Gasteiger partial charge >= 0.3 is 7.12 Å². The first-order valence-electron chi connectivity index (χ1n) is 6.97. The summed E-state index contributed by atoms with van der Waals surface area (Å²) in [4.78, 5) is 13.7. The average molecular weight is 284 g/mol. The summed E-state index contributed by atoms with van der Waals surface area (Å²) < 4.78 is 12.0. The molecule has 1 saturated heterocycles. The monoisotopic (exact) mass is 284 g/mol. The SMILES string of the molecule is CC1(C)OB(C2C(=O)N(C#N)c3ccccc32)OC1(C)C. The van der Waals surface area contributed by atoms with Crippen LogP contribution in [0, 0.1) is 11.5 Å². The van der Waals surface area contributed by atoms with Gasteiger partial charge in [-0.3, -0.25) is 4.79 Å². The van der Waals surface area contributed by atoms with Gasteiger partial charge in [0.05, 0.1) is 16.9 Å². The van der Waals surface area contributed by atoms with Gasteiger partial charge in [-0.2, -0.15) is 5.26 Å². The second kappa shape index (κ2) is 4.33. The lowest BCUT2D eigenvalue weighted by Crippen LogP contribution is -2.41. The number of hydrogen-bond acceptors (Lipinski definition) is 4. The van der Waals surface area contributed by atoms with Gasteiger partial charge in [-0.1, -0.05) is 18.2 Å². The van der Waals surface area contributed by atoms with Gasteiger partial charge in [0.25, 0.3) is 0 Å². The van der Waals surface area contributed by atoms with Crippen molar-refractivity contribution in [3.8, 4) is 6.19 Å². The van der Waals surface area contributed by atoms with E-state index in [9.17, 15) is 10.1 Å². The maximum absolute atomic E-state index is 12.5. The molecule has 21 heavy (non-hydrogen) atoms. The van der Waals surface area contributed by atoms with E-state index in [0.717, 1.165) is 10.5 Å². The molecule has 6 heteroatoms. The summed E-state index contributed by atoms with van der Waals surface area (Å²) in [5, 5.41) is 9.22. The van der Waals surface area contributed by atoms with Crippen molar-refractivity contribution in [3.05, 3.63) is 29.8 Å². The fourth-order valence-electron chi connectivity index (χ4n) is 2.74. The van der Waals surface area contributed by atoms with Crippen molar-refractivity contribution in [3.63, 3.8) is 0 Å². The highest BCUT2D eigenvalue weighted by atomic mass is 16.7. The third-order valence-electron chi connectivity index (χ3n) is 4.64. The number of nitriles is 1. The van der Waals surface area contributed by atoms with Crippen LogP contribution in [0.3, 0.4) is 0 Å². The second-order valence-corrected chi connectivity index (χ2v) is 6.43. The quantitative estimate of drug-likeness (QED) is 0.586. The first-order valence-corrected chi connectivity index (χ1v) is 6.97. The number of carbonyl (C=O) groups is 1. The molecule has 0 saturated carbocycles. The minimum atomic E-state index is -0.679. The Labute approximate surface area is 124 Å². The third kappa shape index (κ3) is 1.89. The molecule has 0 aromatic heterocycles. The molecule has 1 amide bonds. The van der Waals surface area contributed by atoms with Gasteiger partial charge in [0.1, 0.15) is 5.82 Å². The smallest absolute Gasteiger partial charge is 0.402 e. The predicted molar refractivity (Wildman–Crippen MR) is 78.4 cm³/mol. The Kier molecular flexibility index (Phi) is 2.91. The topological polar surface area (TPSA) is 62.6 Å². The maximum atomic E-state index is 12.5. The standard InChI is InChI=1S/C15H17BN2O3/c1-14(2)15(3,4)21-16(20-14)12-10-7-5-6-8-11(10)18(9-17)13(12)19/h5-8,12H,1-4H3. The van der Waals surface area contributed by atoms with Crippen LogP contribution in [-0.4, -0.2) is 24.2 Å². The molecule has 1 fully saturated rings. The molecule has 2 aliphatic rings. The second-order valence-electron chi connectivity index (χ2n) is 6.43. The Bertz CT molecular complexity index is 635. The summed E-state index contributed by atoms with van der Waals surface area (Å²) in [6.07, 6.45) is 1.94. The molecule has 0 aliphatic carbocycles. The van der Waals surface area contributed by atoms with Crippen molar-refractivity contribution in [2.75, 3.05) is 4.90 Å². The number of nitrogens with zero attached hydrogens (tertiary/aromatic N) is 2. The van der Waals surface area contributed by atoms with Crippen LogP contribution in [0.5, 0.6) is 0 Å². The minimum Gasteiger partial charge on any atom is -0.402 e. The van der Waals surface area contributed by atoms with Crippen LogP contribution < -0.4 is 4.90 Å². The first-order chi connectivity index (χ1) is 9.78. The Morgan fingerprint density at radius 2 is 1.76 bits per heavy atom. The van der Waals surface area contributed by atoms with Crippen LogP contribution in [0.25, 0.3) is 0 Å². The summed E-state index contributed by atoms with van der Waals surface area (Å²) in [6.45, 7) is 7.78. The van der Waals surface area contributed by atoms with Crippen LogP contribution in [0.2, 0.25) is 0 Å². The lowest BCUT2D eigenvalue weighted by molar-refractivity contribution is -0.117. The molecule has 0 bridgehead atoms. The van der Waals surface area contributed by atoms with E-state index in [1.165, 1.54) is 0 Å². The zero-order valence-corrected chi connectivity index (χ0v) is 12.6. The molecule has 5 nitrogen and oxygen atoms in total. The fourth-order valence-corrected chi connectivity index (χ4v) is 2.74. The van der Waals surface area contributed by atoms with E-state index < -0.39 is 24.1 Å². The molecule has 0 radical (unpaired) electrons. The van der Waals surface area contributed by atoms with Crippen molar-refractivity contribution < 1.29 is 14.1 Å². The van der Waals surface area contributed by atoms with Gasteiger partial charge < -0.3 is 9.31 Å². The number of anilines is 1. The fraction of sp³-hybridized carbons (Fsp3) is 0.467. The third-order valence-corrected chi connectivity index (χ3v) is 4.64. The van der Waals surface area contributed by atoms with Gasteiger partial charge in [0, 0.05) is 0 Å². The largest absolute Gasteiger partial charge is 0.475 e. The molecule has 3 rings (SSSR count). The molecule has 108 valence electrons. The predicted octanol–water partition coefficient (Wildman–Crippen LogP) is 2.23. The Morgan fingerprint density at radius 1 is 1.19 bits per heavy atom. The molecule has 1 unspecified atom stereocenters. The zero-order chi connectivity index (χ0) is 15.4. The molecular formula is C15H17BN2O3. The van der Waals surface area contributed by atoms with E-state index in [-0.39, 0.29) is 5.91 Å². The van der Waals surface area contributed by atoms with Crippen molar-refractivity contribution in [2.45, 2.75) is 44.7 Å². The number of amides is 1. The van der Waals surface area contributed by atoms with Crippen molar-refractivity contribution in [1.29, 1.82) is 5.26 Å². The molecule has 1 aromatic carbocycles. The summed E-state index contributed by atoms with van der Waals surface area (Å²) in [5.41, 5.74) is 0.382. The lowest BCUT2D eigenvalue weighted by atomic mass is 9.68. The molecule has 0 N–H and O–H groups in total. The molecule has 2 aliphatic heterocycles. The lowest BCUT2D eigenvalue weighted by Gasteiger charge is -2.32. The summed E-state index contributed by atoms with van der Waals surface area (Å²) >= 11 is 0. The van der Waals surface area contributed by atoms with E-state index in [1.807, 2.05) is 52.1 Å². The Hall–Kier alpha value is -1.84. The van der Waals surface area contributed by atoms with E-state index in [0.29, 0.717) is 5.69 Å². The summed E-state index contributed by atoms with van der Waals surface area (Å²) in [5.74, 6) is -0.890. The van der Waals surface area contributed by atoms with Crippen LogP contribution in [0.15, 0.2) is 24.3 Å². The zero-order valence-electron chi connectivity index (χ0n) is 12.6. The Balaban J connectivity index is 2.02. The normalized spacial score (nSPS) is 25.9. The van der Waals surface area contributed by atoms with Gasteiger partial charge in [-0.25, -0.2) is 4.90 Å².